The first kappa shape index (κ1) is 15.8. The zero-order chi connectivity index (χ0) is 13.6. The Balaban J connectivity index is 2.66. The third-order valence-electron chi connectivity index (χ3n) is 2.42. The Bertz CT molecular complexity index is 489. The normalized spacial score (nSPS) is 11.7. The van der Waals surface area contributed by atoms with Crippen LogP contribution in [0.25, 0.3) is 0 Å². The van der Waals surface area contributed by atoms with E-state index in [1.54, 1.807) is 6.07 Å². The van der Waals surface area contributed by atoms with Crippen molar-refractivity contribution in [1.82, 2.24) is 5.32 Å². The van der Waals surface area contributed by atoms with Crippen molar-refractivity contribution in [1.29, 1.82) is 0 Å². The van der Waals surface area contributed by atoms with Crippen molar-refractivity contribution in [2.75, 3.05) is 18.8 Å². The molecule has 1 aromatic carbocycles. The van der Waals surface area contributed by atoms with Crippen LogP contribution in [-0.4, -0.2) is 27.3 Å². The van der Waals surface area contributed by atoms with E-state index in [0.717, 1.165) is 13.0 Å². The summed E-state index contributed by atoms with van der Waals surface area (Å²) in [5.41, 5.74) is 0. The number of rotatable bonds is 7. The Labute approximate surface area is 118 Å². The summed E-state index contributed by atoms with van der Waals surface area (Å²) in [5, 5.41) is 3.76. The van der Waals surface area contributed by atoms with Gasteiger partial charge in [-0.2, -0.15) is 0 Å². The lowest BCUT2D eigenvalue weighted by molar-refractivity contribution is 0.588. The largest absolute Gasteiger partial charge is 0.317 e. The van der Waals surface area contributed by atoms with Gasteiger partial charge in [0.25, 0.3) is 0 Å². The molecule has 3 nitrogen and oxygen atoms in total. The monoisotopic (exact) mass is 309 g/mol. The van der Waals surface area contributed by atoms with Crippen LogP contribution in [0.15, 0.2) is 23.1 Å². The summed E-state index contributed by atoms with van der Waals surface area (Å²) in [7, 11) is -3.36. The number of sulfone groups is 1. The second kappa shape index (κ2) is 7.34. The molecule has 0 amide bonds. The number of hydrogen-bond acceptors (Lipinski definition) is 3. The molecular weight excluding hydrogens is 293 g/mol. The van der Waals surface area contributed by atoms with E-state index in [9.17, 15) is 8.42 Å². The number of halogens is 2. The quantitative estimate of drug-likeness (QED) is 0.787. The minimum absolute atomic E-state index is 0.0732. The second-order valence-corrected chi connectivity index (χ2v) is 6.92. The maximum Gasteiger partial charge on any atom is 0.179 e. The first-order valence-electron chi connectivity index (χ1n) is 5.86. The average Bonchev–Trinajstić information content (AvgIpc) is 2.32. The Morgan fingerprint density at radius 1 is 1.22 bits per heavy atom. The lowest BCUT2D eigenvalue weighted by atomic mass is 10.4. The molecule has 1 aromatic rings. The average molecular weight is 310 g/mol. The molecule has 1 N–H and O–H groups in total. The van der Waals surface area contributed by atoms with Gasteiger partial charge in [-0.25, -0.2) is 8.42 Å². The van der Waals surface area contributed by atoms with E-state index >= 15 is 0 Å². The van der Waals surface area contributed by atoms with Gasteiger partial charge in [0.05, 0.1) is 15.7 Å². The minimum atomic E-state index is -3.36. The molecule has 0 atom stereocenters. The number of nitrogens with one attached hydrogen (secondary N) is 1. The first-order chi connectivity index (χ1) is 8.47. The SMILES string of the molecule is CCCNCCCS(=O)(=O)c1cc(Cl)ccc1Cl. The van der Waals surface area contributed by atoms with Crippen molar-refractivity contribution >= 4 is 33.0 Å². The molecule has 0 unspecified atom stereocenters. The highest BCUT2D eigenvalue weighted by atomic mass is 35.5. The lowest BCUT2D eigenvalue weighted by Gasteiger charge is -2.07. The first-order valence-corrected chi connectivity index (χ1v) is 8.26. The molecule has 102 valence electrons. The molecular formula is C12H17Cl2NO2S. The zero-order valence-corrected chi connectivity index (χ0v) is 12.6. The van der Waals surface area contributed by atoms with E-state index in [1.807, 2.05) is 0 Å². The minimum Gasteiger partial charge on any atom is -0.317 e. The predicted molar refractivity (Wildman–Crippen MR) is 76.3 cm³/mol. The summed E-state index contributed by atoms with van der Waals surface area (Å²) in [6.07, 6.45) is 1.60. The van der Waals surface area contributed by atoms with Crippen LogP contribution in [0.5, 0.6) is 0 Å². The van der Waals surface area contributed by atoms with Crippen LogP contribution in [0.1, 0.15) is 19.8 Å². The maximum atomic E-state index is 12.1. The number of benzene rings is 1. The van der Waals surface area contributed by atoms with Crippen LogP contribution in [0.4, 0.5) is 0 Å². The van der Waals surface area contributed by atoms with Crippen molar-refractivity contribution in [3.8, 4) is 0 Å². The van der Waals surface area contributed by atoms with Gasteiger partial charge in [0.2, 0.25) is 0 Å². The van der Waals surface area contributed by atoms with Crippen LogP contribution >= 0.6 is 23.2 Å². The molecule has 0 saturated carbocycles. The molecule has 0 aliphatic carbocycles. The van der Waals surface area contributed by atoms with Crippen molar-refractivity contribution < 1.29 is 8.42 Å². The summed E-state index contributed by atoms with van der Waals surface area (Å²) < 4.78 is 24.1. The maximum absolute atomic E-state index is 12.1. The van der Waals surface area contributed by atoms with Gasteiger partial charge in [0.1, 0.15) is 0 Å². The Morgan fingerprint density at radius 2 is 1.94 bits per heavy atom. The molecule has 0 aliphatic heterocycles. The Hall–Kier alpha value is -0.290. The van der Waals surface area contributed by atoms with Crippen molar-refractivity contribution in [3.05, 3.63) is 28.2 Å². The smallest absolute Gasteiger partial charge is 0.179 e. The number of hydrogen-bond donors (Lipinski definition) is 1. The van der Waals surface area contributed by atoms with Gasteiger partial charge >= 0.3 is 0 Å². The van der Waals surface area contributed by atoms with Crippen molar-refractivity contribution in [2.45, 2.75) is 24.7 Å². The highest BCUT2D eigenvalue weighted by molar-refractivity contribution is 7.91. The summed E-state index contributed by atoms with van der Waals surface area (Å²) in [6.45, 7) is 3.65. The van der Waals surface area contributed by atoms with Gasteiger partial charge in [-0.05, 0) is 44.1 Å². The highest BCUT2D eigenvalue weighted by Gasteiger charge is 2.17. The van der Waals surface area contributed by atoms with E-state index in [-0.39, 0.29) is 15.7 Å². The van der Waals surface area contributed by atoms with Gasteiger partial charge in [0, 0.05) is 5.02 Å². The van der Waals surface area contributed by atoms with Crippen LogP contribution in [-0.2, 0) is 9.84 Å². The van der Waals surface area contributed by atoms with Crippen LogP contribution < -0.4 is 5.32 Å². The third-order valence-corrected chi connectivity index (χ3v) is 4.93. The predicted octanol–water partition coefficient (Wildman–Crippen LogP) is 3.16. The summed E-state index contributed by atoms with van der Waals surface area (Å²) in [5.74, 6) is 0.0732. The van der Waals surface area contributed by atoms with Gasteiger partial charge in [0.15, 0.2) is 9.84 Å². The van der Waals surface area contributed by atoms with E-state index in [2.05, 4.69) is 12.2 Å². The van der Waals surface area contributed by atoms with E-state index < -0.39 is 9.84 Å². The Morgan fingerprint density at radius 3 is 2.61 bits per heavy atom. The van der Waals surface area contributed by atoms with E-state index in [1.165, 1.54) is 12.1 Å². The van der Waals surface area contributed by atoms with Crippen LogP contribution in [0, 0.1) is 0 Å². The van der Waals surface area contributed by atoms with Gasteiger partial charge in [-0.3, -0.25) is 0 Å². The highest BCUT2D eigenvalue weighted by Crippen LogP contribution is 2.26. The molecule has 0 bridgehead atoms. The fourth-order valence-electron chi connectivity index (χ4n) is 1.51. The Kier molecular flexibility index (Phi) is 6.43. The van der Waals surface area contributed by atoms with Crippen molar-refractivity contribution in [3.63, 3.8) is 0 Å². The van der Waals surface area contributed by atoms with Gasteiger partial charge < -0.3 is 5.32 Å². The van der Waals surface area contributed by atoms with Gasteiger partial charge in [-0.15, -0.1) is 0 Å². The zero-order valence-electron chi connectivity index (χ0n) is 10.2. The fraction of sp³-hybridized carbons (Fsp3) is 0.500. The fourth-order valence-corrected chi connectivity index (χ4v) is 3.64. The lowest BCUT2D eigenvalue weighted by Crippen LogP contribution is -2.19. The molecule has 0 aromatic heterocycles. The summed E-state index contributed by atoms with van der Waals surface area (Å²) in [6, 6.07) is 4.48. The van der Waals surface area contributed by atoms with E-state index in [0.29, 0.717) is 18.0 Å². The molecule has 0 heterocycles. The van der Waals surface area contributed by atoms with Crippen molar-refractivity contribution in [2.24, 2.45) is 0 Å². The van der Waals surface area contributed by atoms with Crippen LogP contribution in [0.2, 0.25) is 10.0 Å². The third kappa shape index (κ3) is 4.76. The molecule has 0 spiro atoms. The van der Waals surface area contributed by atoms with Gasteiger partial charge in [-0.1, -0.05) is 30.1 Å². The molecule has 18 heavy (non-hydrogen) atoms. The molecule has 6 heteroatoms. The van der Waals surface area contributed by atoms with Crippen LogP contribution in [0.3, 0.4) is 0 Å². The standard InChI is InChI=1S/C12H17Cl2NO2S/c1-2-6-15-7-3-8-18(16,17)12-9-10(13)4-5-11(12)14/h4-5,9,15H,2-3,6-8H2,1H3. The van der Waals surface area contributed by atoms with E-state index in [4.69, 9.17) is 23.2 Å². The summed E-state index contributed by atoms with van der Waals surface area (Å²) in [4.78, 5) is 0.118. The molecule has 0 fully saturated rings. The molecule has 0 aliphatic rings. The second-order valence-electron chi connectivity index (χ2n) is 4.00. The summed E-state index contributed by atoms with van der Waals surface area (Å²) >= 11 is 11.7. The molecule has 1 rings (SSSR count). The topological polar surface area (TPSA) is 46.2 Å². The molecule has 0 radical (unpaired) electrons. The molecule has 0 saturated heterocycles.